The van der Waals surface area contributed by atoms with Gasteiger partial charge < -0.3 is 10.4 Å². The van der Waals surface area contributed by atoms with E-state index in [0.717, 1.165) is 11.1 Å². The largest absolute Gasteiger partial charge is 0.478 e. The van der Waals surface area contributed by atoms with Crippen molar-refractivity contribution in [1.29, 1.82) is 0 Å². The lowest BCUT2D eigenvalue weighted by molar-refractivity contribution is 0.0696. The van der Waals surface area contributed by atoms with Crippen LogP contribution in [0.5, 0.6) is 0 Å². The van der Waals surface area contributed by atoms with E-state index in [4.69, 9.17) is 5.11 Å². The molecule has 2 aromatic rings. The fourth-order valence-corrected chi connectivity index (χ4v) is 2.29. The Labute approximate surface area is 123 Å². The minimum absolute atomic E-state index is 0.0547. The normalized spacial score (nSPS) is 12.1. The first-order chi connectivity index (χ1) is 9.99. The highest BCUT2D eigenvalue weighted by atomic mass is 19.1. The van der Waals surface area contributed by atoms with Gasteiger partial charge >= 0.3 is 5.97 Å². The molecule has 0 saturated carbocycles. The SMILES string of the molecule is Cc1ccccc1[C@@H](C)NCc1cc(C(=O)O)ccc1F. The highest BCUT2D eigenvalue weighted by Gasteiger charge is 2.11. The molecule has 0 unspecified atom stereocenters. The lowest BCUT2D eigenvalue weighted by Gasteiger charge is -2.17. The third-order valence-electron chi connectivity index (χ3n) is 3.55. The Balaban J connectivity index is 2.11. The van der Waals surface area contributed by atoms with Gasteiger partial charge in [-0.3, -0.25) is 0 Å². The van der Waals surface area contributed by atoms with Crippen LogP contribution in [0, 0.1) is 12.7 Å². The molecule has 0 spiro atoms. The Bertz CT molecular complexity index is 655. The van der Waals surface area contributed by atoms with Gasteiger partial charge in [-0.25, -0.2) is 9.18 Å². The second-order valence-corrected chi connectivity index (χ2v) is 5.07. The Morgan fingerprint density at radius 3 is 2.67 bits per heavy atom. The molecule has 21 heavy (non-hydrogen) atoms. The molecule has 110 valence electrons. The van der Waals surface area contributed by atoms with E-state index in [-0.39, 0.29) is 18.2 Å². The summed E-state index contributed by atoms with van der Waals surface area (Å²) in [6, 6.07) is 11.9. The van der Waals surface area contributed by atoms with E-state index in [2.05, 4.69) is 5.32 Å². The summed E-state index contributed by atoms with van der Waals surface area (Å²) in [4.78, 5) is 10.9. The van der Waals surface area contributed by atoms with E-state index in [1.54, 1.807) is 0 Å². The van der Waals surface area contributed by atoms with E-state index in [9.17, 15) is 9.18 Å². The lowest BCUT2D eigenvalue weighted by Crippen LogP contribution is -2.19. The van der Waals surface area contributed by atoms with E-state index >= 15 is 0 Å². The first-order valence-corrected chi connectivity index (χ1v) is 6.79. The van der Waals surface area contributed by atoms with E-state index in [0.29, 0.717) is 5.56 Å². The molecule has 0 saturated heterocycles. The summed E-state index contributed by atoms with van der Waals surface area (Å²) in [7, 11) is 0. The fraction of sp³-hybridized carbons (Fsp3) is 0.235. The standard InChI is InChI=1S/C17H18FNO2/c1-11-5-3-4-6-15(11)12(2)19-10-14-9-13(17(20)21)7-8-16(14)18/h3-9,12,19H,10H2,1-2H3,(H,20,21)/t12-/m1/s1. The molecule has 2 aromatic carbocycles. The zero-order valence-electron chi connectivity index (χ0n) is 12.1. The van der Waals surface area contributed by atoms with Crippen molar-refractivity contribution in [1.82, 2.24) is 5.32 Å². The van der Waals surface area contributed by atoms with Crippen molar-refractivity contribution in [2.45, 2.75) is 26.4 Å². The van der Waals surface area contributed by atoms with E-state index in [1.807, 2.05) is 38.1 Å². The van der Waals surface area contributed by atoms with Gasteiger partial charge in [-0.2, -0.15) is 0 Å². The number of hydrogen-bond donors (Lipinski definition) is 2. The molecule has 3 nitrogen and oxygen atoms in total. The molecule has 0 amide bonds. The van der Waals surface area contributed by atoms with Gasteiger partial charge in [-0.05, 0) is 43.2 Å². The Hall–Kier alpha value is -2.20. The van der Waals surface area contributed by atoms with Crippen LogP contribution >= 0.6 is 0 Å². The quantitative estimate of drug-likeness (QED) is 0.882. The highest BCUT2D eigenvalue weighted by molar-refractivity contribution is 5.87. The molecule has 0 radical (unpaired) electrons. The summed E-state index contributed by atoms with van der Waals surface area (Å²) in [5.74, 6) is -1.45. The third-order valence-corrected chi connectivity index (χ3v) is 3.55. The van der Waals surface area contributed by atoms with Gasteiger partial charge in [-0.1, -0.05) is 24.3 Å². The number of benzene rings is 2. The van der Waals surface area contributed by atoms with Gasteiger partial charge in [0.05, 0.1) is 5.56 Å². The van der Waals surface area contributed by atoms with Crippen LogP contribution < -0.4 is 5.32 Å². The number of hydrogen-bond acceptors (Lipinski definition) is 2. The zero-order chi connectivity index (χ0) is 15.4. The summed E-state index contributed by atoms with van der Waals surface area (Å²) >= 11 is 0. The first kappa shape index (κ1) is 15.2. The maximum absolute atomic E-state index is 13.7. The first-order valence-electron chi connectivity index (χ1n) is 6.79. The second-order valence-electron chi connectivity index (χ2n) is 5.07. The van der Waals surface area contributed by atoms with Crippen LogP contribution in [0.25, 0.3) is 0 Å². The number of halogens is 1. The molecule has 1 atom stereocenters. The van der Waals surface area contributed by atoms with Gasteiger partial charge in [0.2, 0.25) is 0 Å². The number of nitrogens with one attached hydrogen (secondary N) is 1. The van der Waals surface area contributed by atoms with Crippen LogP contribution in [0.4, 0.5) is 4.39 Å². The molecule has 2 N–H and O–H groups in total. The molecule has 4 heteroatoms. The van der Waals surface area contributed by atoms with Crippen LogP contribution in [0.3, 0.4) is 0 Å². The predicted molar refractivity (Wildman–Crippen MR) is 79.8 cm³/mol. The summed E-state index contributed by atoms with van der Waals surface area (Å²) in [5.41, 5.74) is 2.76. The van der Waals surface area contributed by atoms with Crippen LogP contribution in [0.15, 0.2) is 42.5 Å². The van der Waals surface area contributed by atoms with Crippen molar-refractivity contribution >= 4 is 5.97 Å². The van der Waals surface area contributed by atoms with Gasteiger partial charge in [0, 0.05) is 18.2 Å². The minimum atomic E-state index is -1.05. The zero-order valence-corrected chi connectivity index (χ0v) is 12.1. The molecule has 0 bridgehead atoms. The molecule has 0 aliphatic carbocycles. The topological polar surface area (TPSA) is 49.3 Å². The van der Waals surface area contributed by atoms with Crippen molar-refractivity contribution in [3.05, 3.63) is 70.5 Å². The average molecular weight is 287 g/mol. The molecular weight excluding hydrogens is 269 g/mol. The smallest absolute Gasteiger partial charge is 0.335 e. The van der Waals surface area contributed by atoms with Crippen molar-refractivity contribution < 1.29 is 14.3 Å². The van der Waals surface area contributed by atoms with Crippen LogP contribution in [-0.4, -0.2) is 11.1 Å². The number of carboxylic acids is 1. The van der Waals surface area contributed by atoms with Crippen molar-refractivity contribution in [3.63, 3.8) is 0 Å². The minimum Gasteiger partial charge on any atom is -0.478 e. The number of carbonyl (C=O) groups is 1. The molecule has 0 aliphatic heterocycles. The molecule has 0 heterocycles. The van der Waals surface area contributed by atoms with Crippen molar-refractivity contribution in [2.75, 3.05) is 0 Å². The van der Waals surface area contributed by atoms with E-state index in [1.165, 1.54) is 18.2 Å². The molecule has 0 fully saturated rings. The van der Waals surface area contributed by atoms with E-state index < -0.39 is 11.8 Å². The summed E-state index contributed by atoms with van der Waals surface area (Å²) in [6.07, 6.45) is 0. The summed E-state index contributed by atoms with van der Waals surface area (Å²) in [6.45, 7) is 4.31. The molecular formula is C17H18FNO2. The number of carboxylic acid groups (broad SMARTS) is 1. The number of rotatable bonds is 5. The summed E-state index contributed by atoms with van der Waals surface area (Å²) < 4.78 is 13.7. The fourth-order valence-electron chi connectivity index (χ4n) is 2.29. The highest BCUT2D eigenvalue weighted by Crippen LogP contribution is 2.18. The third kappa shape index (κ3) is 3.67. The Kier molecular flexibility index (Phi) is 4.70. The molecule has 2 rings (SSSR count). The number of aryl methyl sites for hydroxylation is 1. The van der Waals surface area contributed by atoms with Gasteiger partial charge in [0.15, 0.2) is 0 Å². The van der Waals surface area contributed by atoms with Gasteiger partial charge in [-0.15, -0.1) is 0 Å². The van der Waals surface area contributed by atoms with Gasteiger partial charge in [0.25, 0.3) is 0 Å². The number of aromatic carboxylic acids is 1. The van der Waals surface area contributed by atoms with Crippen molar-refractivity contribution in [3.8, 4) is 0 Å². The monoisotopic (exact) mass is 287 g/mol. The Morgan fingerprint density at radius 1 is 1.29 bits per heavy atom. The Morgan fingerprint density at radius 2 is 2.00 bits per heavy atom. The second kappa shape index (κ2) is 6.50. The van der Waals surface area contributed by atoms with Crippen molar-refractivity contribution in [2.24, 2.45) is 0 Å². The summed E-state index contributed by atoms with van der Waals surface area (Å²) in [5, 5.41) is 12.2. The maximum Gasteiger partial charge on any atom is 0.335 e. The van der Waals surface area contributed by atoms with Crippen LogP contribution in [-0.2, 0) is 6.54 Å². The maximum atomic E-state index is 13.7. The molecule has 0 aliphatic rings. The lowest BCUT2D eigenvalue weighted by atomic mass is 10.0. The van der Waals surface area contributed by atoms with Crippen LogP contribution in [0.1, 0.15) is 40.0 Å². The van der Waals surface area contributed by atoms with Gasteiger partial charge in [0.1, 0.15) is 5.82 Å². The average Bonchev–Trinajstić information content (AvgIpc) is 2.46. The molecule has 0 aromatic heterocycles. The predicted octanol–water partition coefficient (Wildman–Crippen LogP) is 3.68. The van der Waals surface area contributed by atoms with Crippen LogP contribution in [0.2, 0.25) is 0 Å².